The molecule has 5 nitrogen and oxygen atoms in total. The van der Waals surface area contributed by atoms with Crippen LogP contribution in [0.2, 0.25) is 0 Å². The molecule has 2 aromatic rings. The van der Waals surface area contributed by atoms with Gasteiger partial charge in [-0.25, -0.2) is 9.78 Å². The number of carbonyl (C=O) groups is 2. The zero-order chi connectivity index (χ0) is 14.8. The number of thioether (sulfide) groups is 1. The SMILES string of the molecule is O=C(O)c1ccnc(NC(=O)C2CSc3ccccc32)c1. The molecule has 0 saturated heterocycles. The predicted molar refractivity (Wildman–Crippen MR) is 79.7 cm³/mol. The summed E-state index contributed by atoms with van der Waals surface area (Å²) in [5.74, 6) is -0.503. The van der Waals surface area contributed by atoms with E-state index in [4.69, 9.17) is 5.11 Å². The Balaban J connectivity index is 1.79. The number of hydrogen-bond acceptors (Lipinski definition) is 4. The van der Waals surface area contributed by atoms with Crippen molar-refractivity contribution in [2.75, 3.05) is 11.1 Å². The van der Waals surface area contributed by atoms with E-state index in [2.05, 4.69) is 10.3 Å². The van der Waals surface area contributed by atoms with Crippen molar-refractivity contribution in [3.63, 3.8) is 0 Å². The molecule has 2 N–H and O–H groups in total. The second kappa shape index (κ2) is 5.57. The standard InChI is InChI=1S/C15H12N2O3S/c18-14(11-8-21-12-4-2-1-3-10(11)12)17-13-7-9(15(19)20)5-6-16-13/h1-7,11H,8H2,(H,19,20)(H,16,17,18). The van der Waals surface area contributed by atoms with Crippen LogP contribution in [-0.4, -0.2) is 27.7 Å². The fourth-order valence-corrected chi connectivity index (χ4v) is 3.45. The number of fused-ring (bicyclic) bond motifs is 1. The third kappa shape index (κ3) is 2.75. The van der Waals surface area contributed by atoms with E-state index < -0.39 is 5.97 Å². The number of anilines is 1. The van der Waals surface area contributed by atoms with Crippen LogP contribution in [0.3, 0.4) is 0 Å². The number of carbonyl (C=O) groups excluding carboxylic acids is 1. The van der Waals surface area contributed by atoms with Crippen molar-refractivity contribution in [3.05, 3.63) is 53.7 Å². The molecule has 1 aliphatic rings. The van der Waals surface area contributed by atoms with Gasteiger partial charge in [0.2, 0.25) is 5.91 Å². The molecule has 1 aromatic carbocycles. The van der Waals surface area contributed by atoms with Gasteiger partial charge < -0.3 is 10.4 Å². The molecule has 1 atom stereocenters. The lowest BCUT2D eigenvalue weighted by molar-refractivity contribution is -0.117. The van der Waals surface area contributed by atoms with Gasteiger partial charge in [-0.05, 0) is 23.8 Å². The minimum absolute atomic E-state index is 0.0986. The molecule has 0 saturated carbocycles. The summed E-state index contributed by atoms with van der Waals surface area (Å²) in [5, 5.41) is 11.6. The van der Waals surface area contributed by atoms with Gasteiger partial charge in [0, 0.05) is 16.8 Å². The lowest BCUT2D eigenvalue weighted by Gasteiger charge is -2.11. The highest BCUT2D eigenvalue weighted by molar-refractivity contribution is 7.99. The van der Waals surface area contributed by atoms with Gasteiger partial charge in [0.15, 0.2) is 0 Å². The molecule has 1 amide bonds. The highest BCUT2D eigenvalue weighted by atomic mass is 32.2. The molecule has 1 aliphatic heterocycles. The number of hydrogen-bond donors (Lipinski definition) is 2. The number of nitrogens with zero attached hydrogens (tertiary/aromatic N) is 1. The van der Waals surface area contributed by atoms with E-state index in [0.717, 1.165) is 10.5 Å². The minimum atomic E-state index is -1.05. The molecule has 0 fully saturated rings. The van der Waals surface area contributed by atoms with Crippen molar-refractivity contribution in [1.82, 2.24) is 4.98 Å². The summed E-state index contributed by atoms with van der Waals surface area (Å²) in [5.41, 5.74) is 1.11. The van der Waals surface area contributed by atoms with Crippen molar-refractivity contribution in [2.45, 2.75) is 10.8 Å². The average Bonchev–Trinajstić information content (AvgIpc) is 2.91. The molecule has 1 aromatic heterocycles. The number of benzene rings is 1. The first-order valence-corrected chi connectivity index (χ1v) is 7.35. The summed E-state index contributed by atoms with van der Waals surface area (Å²) in [4.78, 5) is 28.4. The number of carboxylic acid groups (broad SMARTS) is 1. The molecule has 0 radical (unpaired) electrons. The Morgan fingerprint density at radius 1 is 1.29 bits per heavy atom. The topological polar surface area (TPSA) is 79.3 Å². The van der Waals surface area contributed by atoms with Crippen LogP contribution in [0, 0.1) is 0 Å². The normalized spacial score (nSPS) is 16.3. The van der Waals surface area contributed by atoms with Crippen LogP contribution in [0.25, 0.3) is 0 Å². The maximum Gasteiger partial charge on any atom is 0.335 e. The molecular weight excluding hydrogens is 288 g/mol. The number of amides is 1. The fraction of sp³-hybridized carbons (Fsp3) is 0.133. The number of nitrogens with one attached hydrogen (secondary N) is 1. The summed E-state index contributed by atoms with van der Waals surface area (Å²) in [6.07, 6.45) is 1.37. The molecule has 0 spiro atoms. The summed E-state index contributed by atoms with van der Waals surface area (Å²) >= 11 is 1.65. The third-order valence-corrected chi connectivity index (χ3v) is 4.46. The first-order chi connectivity index (χ1) is 10.1. The van der Waals surface area contributed by atoms with E-state index in [1.165, 1.54) is 18.3 Å². The minimum Gasteiger partial charge on any atom is -0.478 e. The number of carboxylic acids is 1. The lowest BCUT2D eigenvalue weighted by atomic mass is 10.0. The Morgan fingerprint density at radius 2 is 2.10 bits per heavy atom. The maximum atomic E-state index is 12.3. The monoisotopic (exact) mass is 300 g/mol. The maximum absolute atomic E-state index is 12.3. The third-order valence-electron chi connectivity index (χ3n) is 3.27. The highest BCUT2D eigenvalue weighted by Crippen LogP contribution is 2.39. The second-order valence-electron chi connectivity index (χ2n) is 4.63. The Hall–Kier alpha value is -2.34. The molecule has 3 rings (SSSR count). The molecule has 6 heteroatoms. The summed E-state index contributed by atoms with van der Waals surface area (Å²) < 4.78 is 0. The van der Waals surface area contributed by atoms with Gasteiger partial charge in [-0.15, -0.1) is 11.8 Å². The zero-order valence-corrected chi connectivity index (χ0v) is 11.8. The summed E-state index contributed by atoms with van der Waals surface area (Å²) in [7, 11) is 0. The first-order valence-electron chi connectivity index (χ1n) is 6.37. The van der Waals surface area contributed by atoms with E-state index in [1.807, 2.05) is 24.3 Å². The summed E-state index contributed by atoms with van der Waals surface area (Å²) in [6, 6.07) is 10.5. The van der Waals surface area contributed by atoms with Gasteiger partial charge in [0.25, 0.3) is 0 Å². The van der Waals surface area contributed by atoms with Crippen LogP contribution in [0.1, 0.15) is 21.8 Å². The van der Waals surface area contributed by atoms with Gasteiger partial charge in [-0.1, -0.05) is 18.2 Å². The highest BCUT2D eigenvalue weighted by Gasteiger charge is 2.29. The average molecular weight is 300 g/mol. The van der Waals surface area contributed by atoms with Crippen LogP contribution in [-0.2, 0) is 4.79 Å². The molecule has 0 bridgehead atoms. The van der Waals surface area contributed by atoms with Gasteiger partial charge in [-0.2, -0.15) is 0 Å². The Kier molecular flexibility index (Phi) is 3.62. The van der Waals surface area contributed by atoms with Crippen molar-refractivity contribution >= 4 is 29.5 Å². The quantitative estimate of drug-likeness (QED) is 0.911. The number of pyridine rings is 1. The largest absolute Gasteiger partial charge is 0.478 e. The van der Waals surface area contributed by atoms with Gasteiger partial charge in [-0.3, -0.25) is 4.79 Å². The van der Waals surface area contributed by atoms with Crippen LogP contribution in [0.4, 0.5) is 5.82 Å². The van der Waals surface area contributed by atoms with E-state index in [-0.39, 0.29) is 23.2 Å². The van der Waals surface area contributed by atoms with Crippen molar-refractivity contribution in [1.29, 1.82) is 0 Å². The van der Waals surface area contributed by atoms with Crippen molar-refractivity contribution in [3.8, 4) is 0 Å². The Morgan fingerprint density at radius 3 is 2.90 bits per heavy atom. The summed E-state index contributed by atoms with van der Waals surface area (Å²) in [6.45, 7) is 0. The molecule has 21 heavy (non-hydrogen) atoms. The fourth-order valence-electron chi connectivity index (χ4n) is 2.22. The zero-order valence-electron chi connectivity index (χ0n) is 10.9. The second-order valence-corrected chi connectivity index (χ2v) is 5.69. The van der Waals surface area contributed by atoms with E-state index >= 15 is 0 Å². The number of aromatic carboxylic acids is 1. The molecule has 0 aliphatic carbocycles. The Bertz CT molecular complexity index is 718. The van der Waals surface area contributed by atoms with Crippen molar-refractivity contribution in [2.24, 2.45) is 0 Å². The van der Waals surface area contributed by atoms with E-state index in [0.29, 0.717) is 5.75 Å². The van der Waals surface area contributed by atoms with Crippen LogP contribution >= 0.6 is 11.8 Å². The first kappa shape index (κ1) is 13.6. The molecule has 106 valence electrons. The van der Waals surface area contributed by atoms with Gasteiger partial charge in [0.1, 0.15) is 5.82 Å². The van der Waals surface area contributed by atoms with Crippen LogP contribution in [0.5, 0.6) is 0 Å². The van der Waals surface area contributed by atoms with Crippen molar-refractivity contribution < 1.29 is 14.7 Å². The van der Waals surface area contributed by atoms with Crippen LogP contribution in [0.15, 0.2) is 47.5 Å². The molecule has 1 unspecified atom stereocenters. The number of aromatic nitrogens is 1. The van der Waals surface area contributed by atoms with E-state index in [9.17, 15) is 9.59 Å². The molecule has 2 heterocycles. The van der Waals surface area contributed by atoms with Gasteiger partial charge >= 0.3 is 5.97 Å². The Labute approximate surface area is 125 Å². The predicted octanol–water partition coefficient (Wildman–Crippen LogP) is 2.61. The smallest absolute Gasteiger partial charge is 0.335 e. The van der Waals surface area contributed by atoms with Crippen LogP contribution < -0.4 is 5.32 Å². The van der Waals surface area contributed by atoms with Gasteiger partial charge in [0.05, 0.1) is 11.5 Å². The molecular formula is C15H12N2O3S. The lowest BCUT2D eigenvalue weighted by Crippen LogP contribution is -2.21. The number of rotatable bonds is 3. The van der Waals surface area contributed by atoms with E-state index in [1.54, 1.807) is 11.8 Å².